The lowest BCUT2D eigenvalue weighted by molar-refractivity contribution is -0.158. The van der Waals surface area contributed by atoms with Crippen LogP contribution in [0.5, 0.6) is 0 Å². The van der Waals surface area contributed by atoms with Gasteiger partial charge in [-0.1, -0.05) is 55.5 Å². The van der Waals surface area contributed by atoms with Crippen molar-refractivity contribution in [2.45, 2.75) is 97.1 Å². The highest BCUT2D eigenvalue weighted by Crippen LogP contribution is 2.37. The van der Waals surface area contributed by atoms with Gasteiger partial charge in [-0.05, 0) is 66.5 Å². The molecule has 3 rings (SSSR count). The lowest BCUT2D eigenvalue weighted by Gasteiger charge is -2.26. The molecular weight excluding hydrogens is 496 g/mol. The molecule has 0 bridgehead atoms. The molecule has 1 unspecified atom stereocenters. The van der Waals surface area contributed by atoms with Crippen molar-refractivity contribution >= 4 is 23.8 Å². The zero-order valence-electron chi connectivity index (χ0n) is 24.1. The van der Waals surface area contributed by atoms with Crippen LogP contribution in [-0.2, 0) is 19.1 Å². The third kappa shape index (κ3) is 7.68. The van der Waals surface area contributed by atoms with E-state index in [0.717, 1.165) is 0 Å². The van der Waals surface area contributed by atoms with Crippen molar-refractivity contribution < 1.29 is 28.7 Å². The predicted octanol–water partition coefficient (Wildman–Crippen LogP) is 5.25. The van der Waals surface area contributed by atoms with Gasteiger partial charge < -0.3 is 14.8 Å². The van der Waals surface area contributed by atoms with Gasteiger partial charge in [0, 0.05) is 16.7 Å². The van der Waals surface area contributed by atoms with Crippen molar-refractivity contribution in [1.82, 2.24) is 10.2 Å². The number of carbonyl (C=O) groups excluding carboxylic acids is 4. The number of ketones is 1. The first-order valence-electron chi connectivity index (χ1n) is 13.4. The molecule has 0 aromatic heterocycles. The SMILES string of the molecule is CC[C@@H]1[C@@H]([C@H](OC(=O)C(C)c2cccc(C(=O)c3ccccc3)c2)C(=O)NC(C)(C)C)N1C(=O)OC(C)(C)C. The second kappa shape index (κ2) is 11.6. The molecule has 2 aromatic carbocycles. The summed E-state index contributed by atoms with van der Waals surface area (Å²) in [5.41, 5.74) is 0.296. The van der Waals surface area contributed by atoms with Crippen molar-refractivity contribution in [1.29, 1.82) is 0 Å². The van der Waals surface area contributed by atoms with E-state index in [4.69, 9.17) is 9.47 Å². The maximum Gasteiger partial charge on any atom is 0.411 e. The van der Waals surface area contributed by atoms with E-state index in [1.54, 1.807) is 76.2 Å². The average Bonchev–Trinajstić information content (AvgIpc) is 3.59. The topological polar surface area (TPSA) is 102 Å². The minimum Gasteiger partial charge on any atom is -0.449 e. The normalized spacial score (nSPS) is 18.5. The zero-order valence-corrected chi connectivity index (χ0v) is 24.1. The molecule has 0 aliphatic carbocycles. The van der Waals surface area contributed by atoms with E-state index >= 15 is 0 Å². The van der Waals surface area contributed by atoms with Crippen molar-refractivity contribution in [3.8, 4) is 0 Å². The summed E-state index contributed by atoms with van der Waals surface area (Å²) in [7, 11) is 0. The molecule has 1 N–H and O–H groups in total. The molecule has 1 saturated heterocycles. The average molecular weight is 537 g/mol. The third-order valence-electron chi connectivity index (χ3n) is 6.35. The number of nitrogens with one attached hydrogen (secondary N) is 1. The Balaban J connectivity index is 1.83. The van der Waals surface area contributed by atoms with Crippen molar-refractivity contribution in [3.05, 3.63) is 71.3 Å². The van der Waals surface area contributed by atoms with Gasteiger partial charge in [0.25, 0.3) is 5.91 Å². The van der Waals surface area contributed by atoms with Crippen LogP contribution in [0.2, 0.25) is 0 Å². The number of hydrogen-bond acceptors (Lipinski definition) is 6. The number of carbonyl (C=O) groups is 4. The second-order valence-corrected chi connectivity index (χ2v) is 12.0. The molecule has 1 fully saturated rings. The van der Waals surface area contributed by atoms with E-state index in [-0.39, 0.29) is 11.8 Å². The van der Waals surface area contributed by atoms with E-state index in [2.05, 4.69) is 5.32 Å². The summed E-state index contributed by atoms with van der Waals surface area (Å²) in [5, 5.41) is 2.88. The molecule has 8 nitrogen and oxygen atoms in total. The lowest BCUT2D eigenvalue weighted by Crippen LogP contribution is -2.50. The van der Waals surface area contributed by atoms with Gasteiger partial charge in [-0.3, -0.25) is 19.3 Å². The highest BCUT2D eigenvalue weighted by atomic mass is 16.6. The van der Waals surface area contributed by atoms with Crippen LogP contribution in [0.4, 0.5) is 4.79 Å². The van der Waals surface area contributed by atoms with Crippen molar-refractivity contribution in [3.63, 3.8) is 0 Å². The smallest absolute Gasteiger partial charge is 0.411 e. The fourth-order valence-electron chi connectivity index (χ4n) is 4.45. The van der Waals surface area contributed by atoms with Gasteiger partial charge >= 0.3 is 12.1 Å². The Bertz CT molecular complexity index is 1210. The number of nitrogens with zero attached hydrogens (tertiary/aromatic N) is 1. The van der Waals surface area contributed by atoms with Gasteiger partial charge in [-0.2, -0.15) is 0 Å². The largest absolute Gasteiger partial charge is 0.449 e. The Labute approximate surface area is 231 Å². The number of hydrogen-bond donors (Lipinski definition) is 1. The number of amides is 2. The van der Waals surface area contributed by atoms with Gasteiger partial charge in [-0.15, -0.1) is 0 Å². The molecule has 4 atom stereocenters. The Morgan fingerprint density at radius 1 is 0.923 bits per heavy atom. The van der Waals surface area contributed by atoms with Crippen LogP contribution in [0, 0.1) is 0 Å². The highest BCUT2D eigenvalue weighted by Gasteiger charge is 2.59. The summed E-state index contributed by atoms with van der Waals surface area (Å²) >= 11 is 0. The summed E-state index contributed by atoms with van der Waals surface area (Å²) < 4.78 is 11.4. The zero-order chi connectivity index (χ0) is 29.1. The van der Waals surface area contributed by atoms with Crippen LogP contribution in [-0.4, -0.2) is 58.0 Å². The first-order chi connectivity index (χ1) is 18.1. The van der Waals surface area contributed by atoms with Crippen LogP contribution >= 0.6 is 0 Å². The summed E-state index contributed by atoms with van der Waals surface area (Å²) in [6.45, 7) is 14.4. The number of benzene rings is 2. The third-order valence-corrected chi connectivity index (χ3v) is 6.35. The van der Waals surface area contributed by atoms with Gasteiger partial charge in [0.2, 0.25) is 6.10 Å². The molecule has 2 amide bonds. The van der Waals surface area contributed by atoms with Gasteiger partial charge in [0.15, 0.2) is 5.78 Å². The van der Waals surface area contributed by atoms with Gasteiger partial charge in [-0.25, -0.2) is 4.79 Å². The van der Waals surface area contributed by atoms with Gasteiger partial charge in [0.05, 0.1) is 12.0 Å². The summed E-state index contributed by atoms with van der Waals surface area (Å²) in [5.74, 6) is -2.02. The molecule has 0 radical (unpaired) electrons. The molecule has 0 spiro atoms. The molecular formula is C31H40N2O6. The van der Waals surface area contributed by atoms with E-state index in [1.165, 1.54) is 4.90 Å². The summed E-state index contributed by atoms with van der Waals surface area (Å²) in [4.78, 5) is 54.0. The number of esters is 1. The maximum absolute atomic E-state index is 13.4. The van der Waals surface area contributed by atoms with E-state index in [1.807, 2.05) is 33.8 Å². The second-order valence-electron chi connectivity index (χ2n) is 12.0. The Morgan fingerprint density at radius 2 is 1.54 bits per heavy atom. The first kappa shape index (κ1) is 29.9. The van der Waals surface area contributed by atoms with Crippen LogP contribution in [0.1, 0.15) is 89.2 Å². The van der Waals surface area contributed by atoms with Crippen LogP contribution in [0.3, 0.4) is 0 Å². The molecule has 1 aliphatic heterocycles. The molecule has 0 saturated carbocycles. The predicted molar refractivity (Wildman–Crippen MR) is 148 cm³/mol. The van der Waals surface area contributed by atoms with Crippen molar-refractivity contribution in [2.24, 2.45) is 0 Å². The number of ether oxygens (including phenoxy) is 2. The molecule has 1 aliphatic rings. The first-order valence-corrected chi connectivity index (χ1v) is 13.4. The quantitative estimate of drug-likeness (QED) is 0.281. The molecule has 1 heterocycles. The number of rotatable bonds is 8. The molecule has 210 valence electrons. The monoisotopic (exact) mass is 536 g/mol. The maximum atomic E-state index is 13.4. The Kier molecular flexibility index (Phi) is 8.88. The minimum absolute atomic E-state index is 0.155. The lowest BCUT2D eigenvalue weighted by atomic mass is 9.95. The van der Waals surface area contributed by atoms with Crippen LogP contribution in [0.15, 0.2) is 54.6 Å². The van der Waals surface area contributed by atoms with Gasteiger partial charge in [0.1, 0.15) is 11.6 Å². The molecule has 39 heavy (non-hydrogen) atoms. The highest BCUT2D eigenvalue weighted by molar-refractivity contribution is 6.09. The fraction of sp³-hybridized carbons (Fsp3) is 0.484. The van der Waals surface area contributed by atoms with Crippen LogP contribution < -0.4 is 5.32 Å². The standard InChI is InChI=1S/C31H40N2O6/c1-9-23-24(33(23)29(37)39-31(6,7)8)26(27(35)32-30(3,4)5)38-28(36)19(2)21-16-13-17-22(18-21)25(34)20-14-11-10-12-15-20/h10-19,23-24,26H,9H2,1-8H3,(H,32,35)/t19?,23-,24+,26+,33?/m1/s1. The van der Waals surface area contributed by atoms with E-state index < -0.39 is 47.2 Å². The van der Waals surface area contributed by atoms with E-state index in [0.29, 0.717) is 23.1 Å². The molecule has 8 heteroatoms. The Hall–Kier alpha value is -3.68. The van der Waals surface area contributed by atoms with E-state index in [9.17, 15) is 19.2 Å². The summed E-state index contributed by atoms with van der Waals surface area (Å²) in [6.07, 6.45) is -1.20. The Morgan fingerprint density at radius 3 is 2.10 bits per heavy atom. The molecule has 2 aromatic rings. The summed E-state index contributed by atoms with van der Waals surface area (Å²) in [6, 6.07) is 14.8. The van der Waals surface area contributed by atoms with Crippen molar-refractivity contribution in [2.75, 3.05) is 0 Å². The fourth-order valence-corrected chi connectivity index (χ4v) is 4.45. The van der Waals surface area contributed by atoms with Crippen LogP contribution in [0.25, 0.3) is 0 Å². The minimum atomic E-state index is -1.22.